The number of nitrogens with one attached hydrogen (secondary N) is 1. The van der Waals surface area contributed by atoms with Gasteiger partial charge in [0.25, 0.3) is 11.6 Å². The Morgan fingerprint density at radius 1 is 1.19 bits per heavy atom. The molecule has 0 unspecified atom stereocenters. The molecule has 6 heteroatoms. The number of hydrogen-bond acceptors (Lipinski definition) is 3. The highest BCUT2D eigenvalue weighted by atomic mass is 79.9. The summed E-state index contributed by atoms with van der Waals surface area (Å²) < 4.78 is 0.855. The number of nitrogens with zero attached hydrogens (tertiary/aromatic N) is 1. The lowest BCUT2D eigenvalue weighted by Crippen LogP contribution is -2.13. The minimum Gasteiger partial charge on any atom is -0.322 e. The van der Waals surface area contributed by atoms with E-state index in [0.717, 1.165) is 10.0 Å². The molecule has 0 spiro atoms. The number of hydrogen-bond donors (Lipinski definition) is 1. The molecule has 0 bridgehead atoms. The van der Waals surface area contributed by atoms with Crippen LogP contribution < -0.4 is 5.32 Å². The van der Waals surface area contributed by atoms with Gasteiger partial charge in [-0.3, -0.25) is 14.9 Å². The third kappa shape index (κ3) is 3.66. The molecule has 0 saturated heterocycles. The second-order valence-electron chi connectivity index (χ2n) is 4.73. The van der Waals surface area contributed by atoms with Gasteiger partial charge in [-0.25, -0.2) is 0 Å². The van der Waals surface area contributed by atoms with Gasteiger partial charge in [0.05, 0.1) is 4.92 Å². The van der Waals surface area contributed by atoms with Crippen molar-refractivity contribution in [2.75, 3.05) is 5.32 Å². The molecule has 1 N–H and O–H groups in total. The standard InChI is InChI=1S/C15H13BrN2O3/c1-9-5-11(16)7-12(6-9)17-15(19)14-8-13(18(20)21)4-3-10(14)2/h3-8H,1-2H3,(H,17,19). The summed E-state index contributed by atoms with van der Waals surface area (Å²) >= 11 is 3.36. The molecule has 0 aromatic heterocycles. The van der Waals surface area contributed by atoms with Gasteiger partial charge in [0.1, 0.15) is 0 Å². The molecule has 0 aliphatic heterocycles. The zero-order valence-electron chi connectivity index (χ0n) is 11.5. The first-order chi connectivity index (χ1) is 9.86. The Kier molecular flexibility index (Phi) is 4.37. The Hall–Kier alpha value is -2.21. The SMILES string of the molecule is Cc1cc(Br)cc(NC(=O)c2cc([N+](=O)[O-])ccc2C)c1. The molecule has 5 nitrogen and oxygen atoms in total. The Labute approximate surface area is 130 Å². The normalized spacial score (nSPS) is 10.2. The van der Waals surface area contributed by atoms with E-state index >= 15 is 0 Å². The van der Waals surface area contributed by atoms with Crippen LogP contribution >= 0.6 is 15.9 Å². The van der Waals surface area contributed by atoms with E-state index in [1.165, 1.54) is 12.1 Å². The molecule has 0 atom stereocenters. The van der Waals surface area contributed by atoms with Crippen molar-refractivity contribution in [3.8, 4) is 0 Å². The molecule has 0 aliphatic rings. The zero-order chi connectivity index (χ0) is 15.6. The Morgan fingerprint density at radius 3 is 2.52 bits per heavy atom. The highest BCUT2D eigenvalue weighted by Crippen LogP contribution is 2.22. The number of amides is 1. The summed E-state index contributed by atoms with van der Waals surface area (Å²) in [5.74, 6) is -0.367. The van der Waals surface area contributed by atoms with Crippen molar-refractivity contribution in [2.24, 2.45) is 0 Å². The van der Waals surface area contributed by atoms with Crippen LogP contribution in [-0.2, 0) is 0 Å². The fourth-order valence-corrected chi connectivity index (χ4v) is 2.58. The number of carbonyl (C=O) groups is 1. The predicted molar refractivity (Wildman–Crippen MR) is 84.7 cm³/mol. The second-order valence-corrected chi connectivity index (χ2v) is 5.64. The van der Waals surface area contributed by atoms with E-state index < -0.39 is 4.92 Å². The smallest absolute Gasteiger partial charge is 0.270 e. The van der Waals surface area contributed by atoms with Crippen LogP contribution in [0.25, 0.3) is 0 Å². The van der Waals surface area contributed by atoms with Gasteiger partial charge in [0.15, 0.2) is 0 Å². The van der Waals surface area contributed by atoms with E-state index in [0.29, 0.717) is 16.8 Å². The van der Waals surface area contributed by atoms with Crippen molar-refractivity contribution in [3.63, 3.8) is 0 Å². The molecule has 0 fully saturated rings. The third-order valence-electron chi connectivity index (χ3n) is 2.98. The van der Waals surface area contributed by atoms with E-state index in [2.05, 4.69) is 21.2 Å². The Morgan fingerprint density at radius 2 is 1.90 bits per heavy atom. The van der Waals surface area contributed by atoms with Crippen LogP contribution in [0.1, 0.15) is 21.5 Å². The Balaban J connectivity index is 2.31. The summed E-state index contributed by atoms with van der Waals surface area (Å²) in [6.45, 7) is 3.66. The van der Waals surface area contributed by atoms with E-state index in [9.17, 15) is 14.9 Å². The number of anilines is 1. The van der Waals surface area contributed by atoms with Crippen LogP contribution in [0, 0.1) is 24.0 Å². The average Bonchev–Trinajstić information content (AvgIpc) is 2.37. The molecule has 2 aromatic rings. The monoisotopic (exact) mass is 348 g/mol. The number of non-ortho nitro benzene ring substituents is 1. The average molecular weight is 349 g/mol. The molecule has 0 radical (unpaired) electrons. The van der Waals surface area contributed by atoms with Crippen molar-refractivity contribution in [2.45, 2.75) is 13.8 Å². The summed E-state index contributed by atoms with van der Waals surface area (Å²) in [7, 11) is 0. The van der Waals surface area contributed by atoms with Gasteiger partial charge in [-0.05, 0) is 43.2 Å². The molecular weight excluding hydrogens is 336 g/mol. The maximum absolute atomic E-state index is 12.3. The lowest BCUT2D eigenvalue weighted by Gasteiger charge is -2.09. The highest BCUT2D eigenvalue weighted by molar-refractivity contribution is 9.10. The van der Waals surface area contributed by atoms with E-state index in [-0.39, 0.29) is 11.6 Å². The summed E-state index contributed by atoms with van der Waals surface area (Å²) in [5, 5.41) is 13.6. The number of nitro benzene ring substituents is 1. The van der Waals surface area contributed by atoms with Gasteiger partial charge in [-0.1, -0.05) is 22.0 Å². The van der Waals surface area contributed by atoms with Gasteiger partial charge in [-0.15, -0.1) is 0 Å². The van der Waals surface area contributed by atoms with Crippen LogP contribution in [0.5, 0.6) is 0 Å². The number of rotatable bonds is 3. The van der Waals surface area contributed by atoms with Crippen LogP contribution in [0.3, 0.4) is 0 Å². The van der Waals surface area contributed by atoms with Crippen molar-refractivity contribution in [1.82, 2.24) is 0 Å². The topological polar surface area (TPSA) is 72.2 Å². The van der Waals surface area contributed by atoms with E-state index in [4.69, 9.17) is 0 Å². The van der Waals surface area contributed by atoms with Crippen molar-refractivity contribution < 1.29 is 9.72 Å². The fraction of sp³-hybridized carbons (Fsp3) is 0.133. The Bertz CT molecular complexity index is 709. The number of benzene rings is 2. The predicted octanol–water partition coefficient (Wildman–Crippen LogP) is 4.23. The van der Waals surface area contributed by atoms with Crippen LogP contribution in [0.2, 0.25) is 0 Å². The molecule has 21 heavy (non-hydrogen) atoms. The summed E-state index contributed by atoms with van der Waals surface area (Å²) in [5.41, 5.74) is 2.51. The largest absolute Gasteiger partial charge is 0.322 e. The van der Waals surface area contributed by atoms with Gasteiger partial charge in [-0.2, -0.15) is 0 Å². The lowest BCUT2D eigenvalue weighted by molar-refractivity contribution is -0.384. The molecule has 2 rings (SSSR count). The fourth-order valence-electron chi connectivity index (χ4n) is 1.98. The van der Waals surface area contributed by atoms with Crippen molar-refractivity contribution in [1.29, 1.82) is 0 Å². The minimum atomic E-state index is -0.514. The van der Waals surface area contributed by atoms with Crippen LogP contribution in [0.15, 0.2) is 40.9 Å². The molecule has 0 aliphatic carbocycles. The first-order valence-electron chi connectivity index (χ1n) is 6.20. The summed E-state index contributed by atoms with van der Waals surface area (Å²) in [6, 6.07) is 9.77. The number of aryl methyl sites for hydroxylation is 2. The maximum Gasteiger partial charge on any atom is 0.270 e. The van der Waals surface area contributed by atoms with Gasteiger partial charge >= 0.3 is 0 Å². The molecule has 1 amide bonds. The minimum absolute atomic E-state index is 0.101. The zero-order valence-corrected chi connectivity index (χ0v) is 13.1. The first-order valence-corrected chi connectivity index (χ1v) is 6.99. The molecular formula is C15H13BrN2O3. The lowest BCUT2D eigenvalue weighted by atomic mass is 10.1. The second kappa shape index (κ2) is 6.05. The number of carbonyl (C=O) groups excluding carboxylic acids is 1. The van der Waals surface area contributed by atoms with E-state index in [1.807, 2.05) is 19.1 Å². The van der Waals surface area contributed by atoms with E-state index in [1.54, 1.807) is 19.1 Å². The van der Waals surface area contributed by atoms with Gasteiger partial charge < -0.3 is 5.32 Å². The van der Waals surface area contributed by atoms with Crippen LogP contribution in [0.4, 0.5) is 11.4 Å². The van der Waals surface area contributed by atoms with Crippen LogP contribution in [-0.4, -0.2) is 10.8 Å². The summed E-state index contributed by atoms with van der Waals surface area (Å²) in [4.78, 5) is 22.6. The molecule has 0 saturated carbocycles. The number of nitro groups is 1. The molecule has 0 heterocycles. The quantitative estimate of drug-likeness (QED) is 0.666. The third-order valence-corrected chi connectivity index (χ3v) is 3.43. The summed E-state index contributed by atoms with van der Waals surface area (Å²) in [6.07, 6.45) is 0. The van der Waals surface area contributed by atoms with Gasteiger partial charge in [0, 0.05) is 27.9 Å². The van der Waals surface area contributed by atoms with Crippen molar-refractivity contribution in [3.05, 3.63) is 67.7 Å². The van der Waals surface area contributed by atoms with Crippen molar-refractivity contribution >= 4 is 33.2 Å². The molecule has 2 aromatic carbocycles. The maximum atomic E-state index is 12.3. The highest BCUT2D eigenvalue weighted by Gasteiger charge is 2.15. The first kappa shape index (κ1) is 15.2. The number of halogens is 1. The molecule has 108 valence electrons. The van der Waals surface area contributed by atoms with Gasteiger partial charge in [0.2, 0.25) is 0 Å².